The van der Waals surface area contributed by atoms with Crippen LogP contribution < -0.4 is 10.9 Å². The molecule has 0 spiro atoms. The Balaban J connectivity index is 1.61. The molecule has 1 unspecified atom stereocenters. The number of hydrogen-bond donors (Lipinski definition) is 1. The van der Waals surface area contributed by atoms with E-state index in [0.717, 1.165) is 49.1 Å². The van der Waals surface area contributed by atoms with Gasteiger partial charge in [-0.05, 0) is 57.6 Å². The Morgan fingerprint density at radius 1 is 1.27 bits per heavy atom. The van der Waals surface area contributed by atoms with Crippen LogP contribution in [0, 0.1) is 13.8 Å². The van der Waals surface area contributed by atoms with Crippen molar-refractivity contribution in [1.82, 2.24) is 15.1 Å². The number of rotatable bonds is 3. The smallest absolute Gasteiger partial charge is 0.349 e. The summed E-state index contributed by atoms with van der Waals surface area (Å²) in [5.74, 6) is 0.702. The lowest BCUT2D eigenvalue weighted by atomic mass is 9.83. The second-order valence-electron chi connectivity index (χ2n) is 7.61. The molecule has 0 bridgehead atoms. The number of nitrogens with zero attached hydrogens (tertiary/aromatic N) is 2. The van der Waals surface area contributed by atoms with Gasteiger partial charge in [-0.15, -0.1) is 0 Å². The minimum absolute atomic E-state index is 0.106. The van der Waals surface area contributed by atoms with Gasteiger partial charge in [-0.3, -0.25) is 9.48 Å². The third-order valence-corrected chi connectivity index (χ3v) is 5.85. The van der Waals surface area contributed by atoms with Crippen LogP contribution in [0.2, 0.25) is 0 Å². The largest absolute Gasteiger partial charge is 0.427 e. The van der Waals surface area contributed by atoms with Crippen molar-refractivity contribution in [2.75, 3.05) is 0 Å². The molecule has 26 heavy (non-hydrogen) atoms. The molecule has 1 N–H and O–H groups in total. The minimum atomic E-state index is -0.525. The highest BCUT2D eigenvalue weighted by Crippen LogP contribution is 2.36. The van der Waals surface area contributed by atoms with Crippen LogP contribution in [0.3, 0.4) is 0 Å². The monoisotopic (exact) mass is 355 g/mol. The minimum Gasteiger partial charge on any atom is -0.427 e. The number of nitrogens with one attached hydrogen (secondary N) is 1. The molecular weight excluding hydrogens is 330 g/mol. The summed E-state index contributed by atoms with van der Waals surface area (Å²) in [4.78, 5) is 25.3. The molecule has 2 aliphatic rings. The lowest BCUT2D eigenvalue weighted by Gasteiger charge is -2.25. The zero-order valence-electron chi connectivity index (χ0n) is 15.6. The molecule has 0 aromatic carbocycles. The van der Waals surface area contributed by atoms with E-state index in [9.17, 15) is 9.59 Å². The number of fused-ring (bicyclic) bond motifs is 1. The maximum absolute atomic E-state index is 12.8. The Hall–Kier alpha value is -2.37. The van der Waals surface area contributed by atoms with Crippen molar-refractivity contribution in [2.24, 2.45) is 7.05 Å². The number of aromatic nitrogens is 2. The van der Waals surface area contributed by atoms with E-state index in [1.54, 1.807) is 0 Å². The van der Waals surface area contributed by atoms with Gasteiger partial charge in [-0.25, -0.2) is 4.79 Å². The summed E-state index contributed by atoms with van der Waals surface area (Å²) in [6.45, 7) is 3.78. The second-order valence-corrected chi connectivity index (χ2v) is 7.61. The Morgan fingerprint density at radius 2 is 2.04 bits per heavy atom. The van der Waals surface area contributed by atoms with Gasteiger partial charge in [0.25, 0.3) is 5.91 Å². The molecule has 1 saturated carbocycles. The summed E-state index contributed by atoms with van der Waals surface area (Å²) >= 11 is 0. The van der Waals surface area contributed by atoms with Gasteiger partial charge in [-0.2, -0.15) is 5.10 Å². The van der Waals surface area contributed by atoms with Gasteiger partial charge in [-0.1, -0.05) is 6.42 Å². The van der Waals surface area contributed by atoms with E-state index in [4.69, 9.17) is 4.42 Å². The number of carbonyl (C=O) groups excluding carboxylic acids is 1. The third-order valence-electron chi connectivity index (χ3n) is 5.85. The van der Waals surface area contributed by atoms with Crippen molar-refractivity contribution in [1.29, 1.82) is 0 Å². The third kappa shape index (κ3) is 2.77. The van der Waals surface area contributed by atoms with E-state index in [1.165, 1.54) is 12.1 Å². The molecule has 1 fully saturated rings. The zero-order chi connectivity index (χ0) is 18.4. The van der Waals surface area contributed by atoms with Crippen LogP contribution in [-0.2, 0) is 13.5 Å². The van der Waals surface area contributed by atoms with Gasteiger partial charge in [0.1, 0.15) is 11.3 Å². The lowest BCUT2D eigenvalue weighted by Crippen LogP contribution is -2.35. The molecule has 0 saturated heterocycles. The van der Waals surface area contributed by atoms with Gasteiger partial charge in [0, 0.05) is 24.2 Å². The van der Waals surface area contributed by atoms with Crippen LogP contribution in [0.15, 0.2) is 15.3 Å². The second kappa shape index (κ2) is 6.41. The molecule has 0 aliphatic heterocycles. The molecule has 0 radical (unpaired) electrons. The van der Waals surface area contributed by atoms with Crippen LogP contribution in [0.4, 0.5) is 0 Å². The molecule has 2 heterocycles. The first kappa shape index (κ1) is 17.1. The van der Waals surface area contributed by atoms with E-state index in [2.05, 4.69) is 10.4 Å². The molecular formula is C20H25N3O3. The van der Waals surface area contributed by atoms with Crippen molar-refractivity contribution < 1.29 is 9.21 Å². The Morgan fingerprint density at radius 3 is 2.69 bits per heavy atom. The predicted molar refractivity (Wildman–Crippen MR) is 97.4 cm³/mol. The molecule has 4 rings (SSSR count). The summed E-state index contributed by atoms with van der Waals surface area (Å²) in [5, 5.41) is 7.54. The molecule has 1 atom stereocenters. The van der Waals surface area contributed by atoms with E-state index >= 15 is 0 Å². The summed E-state index contributed by atoms with van der Waals surface area (Å²) in [5.41, 5.74) is 3.50. The van der Waals surface area contributed by atoms with Crippen molar-refractivity contribution in [3.05, 3.63) is 50.3 Å². The van der Waals surface area contributed by atoms with Crippen LogP contribution in [0.5, 0.6) is 0 Å². The SMILES string of the molecule is Cc1cc(C2CCC2)oc(=O)c1C(=O)NC1CCCc2c1c(C)nn2C. The number of carbonyl (C=O) groups is 1. The highest BCUT2D eigenvalue weighted by molar-refractivity contribution is 5.95. The summed E-state index contributed by atoms with van der Waals surface area (Å²) in [6.07, 6.45) is 6.10. The van der Waals surface area contributed by atoms with Crippen LogP contribution in [-0.4, -0.2) is 15.7 Å². The number of amides is 1. The van der Waals surface area contributed by atoms with E-state index < -0.39 is 5.63 Å². The lowest BCUT2D eigenvalue weighted by molar-refractivity contribution is 0.0927. The Kier molecular flexibility index (Phi) is 4.21. The zero-order valence-corrected chi connectivity index (χ0v) is 15.6. The fraction of sp³-hybridized carbons (Fsp3) is 0.550. The van der Waals surface area contributed by atoms with Gasteiger partial charge in [0.05, 0.1) is 11.7 Å². The molecule has 6 heteroatoms. The maximum Gasteiger partial charge on any atom is 0.349 e. The van der Waals surface area contributed by atoms with Crippen LogP contribution >= 0.6 is 0 Å². The van der Waals surface area contributed by atoms with Crippen molar-refractivity contribution in [3.8, 4) is 0 Å². The Bertz CT molecular complexity index is 921. The van der Waals surface area contributed by atoms with Gasteiger partial charge in [0.15, 0.2) is 0 Å². The molecule has 6 nitrogen and oxygen atoms in total. The van der Waals surface area contributed by atoms with Crippen molar-refractivity contribution in [3.63, 3.8) is 0 Å². The van der Waals surface area contributed by atoms with Crippen molar-refractivity contribution >= 4 is 5.91 Å². The van der Waals surface area contributed by atoms with E-state index in [-0.39, 0.29) is 17.5 Å². The standard InChI is InChI=1S/C20H25N3O3/c1-11-10-16(13-6-4-7-13)26-20(25)17(11)19(24)21-14-8-5-9-15-18(14)12(2)22-23(15)3/h10,13-14H,4-9H2,1-3H3,(H,21,24). The topological polar surface area (TPSA) is 77.1 Å². The normalized spacial score (nSPS) is 19.7. The first-order valence-electron chi connectivity index (χ1n) is 9.43. The quantitative estimate of drug-likeness (QED) is 0.918. The first-order chi connectivity index (χ1) is 12.5. The highest BCUT2D eigenvalue weighted by atomic mass is 16.4. The number of hydrogen-bond acceptors (Lipinski definition) is 4. The summed E-state index contributed by atoms with van der Waals surface area (Å²) in [7, 11) is 1.94. The molecule has 2 aromatic rings. The molecule has 138 valence electrons. The fourth-order valence-electron chi connectivity index (χ4n) is 4.26. The van der Waals surface area contributed by atoms with E-state index in [0.29, 0.717) is 11.5 Å². The molecule has 2 aromatic heterocycles. The Labute approximate surface area is 152 Å². The van der Waals surface area contributed by atoms with E-state index in [1.807, 2.05) is 31.6 Å². The van der Waals surface area contributed by atoms with Crippen LogP contribution in [0.1, 0.15) is 82.7 Å². The molecule has 1 amide bonds. The van der Waals surface area contributed by atoms with Gasteiger partial charge in [0.2, 0.25) is 0 Å². The number of aryl methyl sites for hydroxylation is 3. The van der Waals surface area contributed by atoms with Gasteiger partial charge < -0.3 is 9.73 Å². The van der Waals surface area contributed by atoms with Gasteiger partial charge >= 0.3 is 5.63 Å². The average Bonchev–Trinajstić information content (AvgIpc) is 2.80. The van der Waals surface area contributed by atoms with Crippen molar-refractivity contribution in [2.45, 2.75) is 64.3 Å². The van der Waals surface area contributed by atoms with Crippen LogP contribution in [0.25, 0.3) is 0 Å². The fourth-order valence-corrected chi connectivity index (χ4v) is 4.26. The highest BCUT2D eigenvalue weighted by Gasteiger charge is 2.30. The molecule has 2 aliphatic carbocycles. The summed E-state index contributed by atoms with van der Waals surface area (Å²) in [6, 6.07) is 1.76. The maximum atomic E-state index is 12.8. The summed E-state index contributed by atoms with van der Waals surface area (Å²) < 4.78 is 7.37. The predicted octanol–water partition coefficient (Wildman–Crippen LogP) is 3.07. The first-order valence-corrected chi connectivity index (χ1v) is 9.43. The average molecular weight is 355 g/mol.